The lowest BCUT2D eigenvalue weighted by Crippen LogP contribution is -2.41. The molecule has 6 nitrogen and oxygen atoms in total. The molecular weight excluding hydrogens is 408 g/mol. The second-order valence-electron chi connectivity index (χ2n) is 5.66. The molecule has 2 heterocycles. The fourth-order valence-corrected chi connectivity index (χ4v) is 2.89. The van der Waals surface area contributed by atoms with Gasteiger partial charge < -0.3 is 9.15 Å². The second-order valence-corrected chi connectivity index (χ2v) is 6.07. The molecule has 11 heteroatoms. The van der Waals surface area contributed by atoms with Gasteiger partial charge in [0.2, 0.25) is 0 Å². The smallest absolute Gasteiger partial charge is 0.431 e. The second kappa shape index (κ2) is 6.86. The van der Waals surface area contributed by atoms with Gasteiger partial charge in [-0.3, -0.25) is 9.36 Å². The van der Waals surface area contributed by atoms with Crippen molar-refractivity contribution in [1.82, 2.24) is 9.13 Å². The van der Waals surface area contributed by atoms with Crippen LogP contribution in [-0.4, -0.2) is 16.2 Å². The Bertz CT molecular complexity index is 1220. The summed E-state index contributed by atoms with van der Waals surface area (Å²) < 4.78 is 64.3. The summed E-state index contributed by atoms with van der Waals surface area (Å²) >= 11 is 5.99. The van der Waals surface area contributed by atoms with Gasteiger partial charge in [-0.15, -0.1) is 0 Å². The van der Waals surface area contributed by atoms with Gasteiger partial charge in [0.05, 0.1) is 18.4 Å². The minimum atomic E-state index is -4.94. The molecule has 2 aromatic heterocycles. The zero-order valence-corrected chi connectivity index (χ0v) is 15.1. The van der Waals surface area contributed by atoms with Crippen molar-refractivity contribution in [2.45, 2.75) is 6.18 Å². The third-order valence-corrected chi connectivity index (χ3v) is 4.22. The van der Waals surface area contributed by atoms with Crippen LogP contribution in [0.15, 0.2) is 38.5 Å². The minimum Gasteiger partial charge on any atom is -0.504 e. The first-order valence-corrected chi connectivity index (χ1v) is 7.95. The van der Waals surface area contributed by atoms with Crippen molar-refractivity contribution in [2.24, 2.45) is 7.05 Å². The van der Waals surface area contributed by atoms with Gasteiger partial charge in [0.1, 0.15) is 17.1 Å². The van der Waals surface area contributed by atoms with Crippen LogP contribution in [0.2, 0.25) is 5.02 Å². The third-order valence-electron chi connectivity index (χ3n) is 3.91. The van der Waals surface area contributed by atoms with Crippen molar-refractivity contribution in [3.05, 3.63) is 67.6 Å². The highest BCUT2D eigenvalue weighted by atomic mass is 35.5. The van der Waals surface area contributed by atoms with E-state index in [-0.39, 0.29) is 37.0 Å². The summed E-state index contributed by atoms with van der Waals surface area (Å²) in [6.07, 6.45) is -2.32. The molecule has 0 aliphatic carbocycles. The average molecular weight is 419 g/mol. The van der Waals surface area contributed by atoms with Crippen LogP contribution in [0, 0.1) is 5.82 Å². The lowest BCUT2D eigenvalue weighted by molar-refractivity contribution is -0.144. The maximum absolute atomic E-state index is 14.6. The number of fused-ring (bicyclic) bond motifs is 1. The molecular formula is C17H11ClF4N2O4. The maximum atomic E-state index is 14.6. The van der Waals surface area contributed by atoms with Crippen LogP contribution in [0.1, 0.15) is 11.5 Å². The van der Waals surface area contributed by atoms with Gasteiger partial charge in [-0.2, -0.15) is 13.2 Å². The number of alkyl halides is 3. The summed E-state index contributed by atoms with van der Waals surface area (Å²) in [4.78, 5) is 24.8. The lowest BCUT2D eigenvalue weighted by Gasteiger charge is -2.14. The predicted octanol–water partition coefficient (Wildman–Crippen LogP) is 3.71. The van der Waals surface area contributed by atoms with Gasteiger partial charge in [0, 0.05) is 24.6 Å². The molecule has 1 aromatic carbocycles. The quantitative estimate of drug-likeness (QED) is 0.480. The Morgan fingerprint density at radius 1 is 1.21 bits per heavy atom. The van der Waals surface area contributed by atoms with Crippen LogP contribution in [0.25, 0.3) is 22.7 Å². The Balaban J connectivity index is 2.41. The van der Waals surface area contributed by atoms with Gasteiger partial charge in [-0.25, -0.2) is 13.8 Å². The van der Waals surface area contributed by atoms with Crippen molar-refractivity contribution in [3.63, 3.8) is 0 Å². The van der Waals surface area contributed by atoms with E-state index in [9.17, 15) is 27.2 Å². The summed E-state index contributed by atoms with van der Waals surface area (Å²) in [5.74, 6) is -0.963. The van der Waals surface area contributed by atoms with E-state index < -0.39 is 34.6 Å². The summed E-state index contributed by atoms with van der Waals surface area (Å²) in [5.41, 5.74) is -5.15. The molecule has 3 rings (SSSR count). The highest BCUT2D eigenvalue weighted by Gasteiger charge is 2.35. The fourth-order valence-electron chi connectivity index (χ4n) is 2.66. The molecule has 148 valence electrons. The normalized spacial score (nSPS) is 12.2. The molecule has 0 saturated heterocycles. The summed E-state index contributed by atoms with van der Waals surface area (Å²) in [7, 11) is 2.20. The molecule has 0 amide bonds. The zero-order chi connectivity index (χ0) is 20.8. The topological polar surface area (TPSA) is 66.4 Å². The van der Waals surface area contributed by atoms with E-state index in [0.29, 0.717) is 0 Å². The van der Waals surface area contributed by atoms with Crippen molar-refractivity contribution >= 4 is 28.6 Å². The van der Waals surface area contributed by atoms with E-state index in [2.05, 4.69) is 0 Å². The van der Waals surface area contributed by atoms with Gasteiger partial charge >= 0.3 is 11.9 Å². The number of nitrogens with zero attached hydrogens (tertiary/aromatic N) is 2. The summed E-state index contributed by atoms with van der Waals surface area (Å²) in [6, 6.07) is 2.44. The molecule has 28 heavy (non-hydrogen) atoms. The van der Waals surface area contributed by atoms with E-state index in [1.54, 1.807) is 0 Å². The SMILES string of the molecule is COC=Cc1cc2c(Cl)cc(F)c(-n3c(=O)cc(C(F)(F)F)n(C)c3=O)c2o1. The number of benzene rings is 1. The number of ether oxygens (including phenoxy) is 1. The van der Waals surface area contributed by atoms with Crippen LogP contribution in [0.5, 0.6) is 0 Å². The average Bonchev–Trinajstić information content (AvgIpc) is 3.02. The van der Waals surface area contributed by atoms with Crippen LogP contribution in [0.3, 0.4) is 0 Å². The first-order valence-electron chi connectivity index (χ1n) is 7.57. The summed E-state index contributed by atoms with van der Waals surface area (Å²) in [5, 5.41) is 0.0801. The Labute approximate surface area is 158 Å². The van der Waals surface area contributed by atoms with E-state index in [1.165, 1.54) is 25.5 Å². The van der Waals surface area contributed by atoms with Gasteiger partial charge in [0.15, 0.2) is 11.4 Å². The molecule has 3 aromatic rings. The minimum absolute atomic E-state index is 0.0751. The lowest BCUT2D eigenvalue weighted by atomic mass is 10.2. The third kappa shape index (κ3) is 3.19. The number of methoxy groups -OCH3 is 1. The molecule has 0 aliphatic heterocycles. The molecule has 0 spiro atoms. The van der Waals surface area contributed by atoms with Crippen LogP contribution >= 0.6 is 11.6 Å². The fraction of sp³-hybridized carbons (Fsp3) is 0.176. The number of halogens is 5. The number of hydrogen-bond donors (Lipinski definition) is 0. The van der Waals surface area contributed by atoms with E-state index >= 15 is 0 Å². The van der Waals surface area contributed by atoms with Crippen LogP contribution in [0.4, 0.5) is 17.6 Å². The van der Waals surface area contributed by atoms with Crippen LogP contribution < -0.4 is 11.2 Å². The highest BCUT2D eigenvalue weighted by Crippen LogP contribution is 2.34. The number of furan rings is 1. The Morgan fingerprint density at radius 2 is 1.89 bits per heavy atom. The van der Waals surface area contributed by atoms with Gasteiger partial charge in [-0.1, -0.05) is 11.6 Å². The van der Waals surface area contributed by atoms with Gasteiger partial charge in [-0.05, 0) is 12.1 Å². The molecule has 0 aliphatic rings. The zero-order valence-electron chi connectivity index (χ0n) is 14.3. The highest BCUT2D eigenvalue weighted by molar-refractivity contribution is 6.35. The van der Waals surface area contributed by atoms with E-state index in [1.807, 2.05) is 0 Å². The number of rotatable bonds is 3. The summed E-state index contributed by atoms with van der Waals surface area (Å²) in [6.45, 7) is 0. The molecule has 0 fully saturated rings. The Hall–Kier alpha value is -3.01. The van der Waals surface area contributed by atoms with Crippen LogP contribution in [-0.2, 0) is 18.0 Å². The van der Waals surface area contributed by atoms with Crippen molar-refractivity contribution in [1.29, 1.82) is 0 Å². The first kappa shape index (κ1) is 19.7. The Morgan fingerprint density at radius 3 is 2.50 bits per heavy atom. The van der Waals surface area contributed by atoms with E-state index in [0.717, 1.165) is 13.1 Å². The van der Waals surface area contributed by atoms with Gasteiger partial charge in [0.25, 0.3) is 5.56 Å². The maximum Gasteiger partial charge on any atom is 0.431 e. The van der Waals surface area contributed by atoms with Crippen molar-refractivity contribution < 1.29 is 26.7 Å². The monoisotopic (exact) mass is 418 g/mol. The number of hydrogen-bond acceptors (Lipinski definition) is 4. The van der Waals surface area contributed by atoms with E-state index in [4.69, 9.17) is 20.8 Å². The number of aromatic nitrogens is 2. The largest absolute Gasteiger partial charge is 0.504 e. The first-order chi connectivity index (χ1) is 13.1. The molecule has 0 atom stereocenters. The molecule has 0 bridgehead atoms. The predicted molar refractivity (Wildman–Crippen MR) is 93.1 cm³/mol. The van der Waals surface area contributed by atoms with Crippen molar-refractivity contribution in [2.75, 3.05) is 7.11 Å². The Kier molecular flexibility index (Phi) is 4.84. The van der Waals surface area contributed by atoms with Crippen molar-refractivity contribution in [3.8, 4) is 5.69 Å². The molecule has 0 unspecified atom stereocenters. The molecule has 0 N–H and O–H groups in total. The molecule has 0 radical (unpaired) electrons. The standard InChI is InChI=1S/C17H11ClF4N2O4/c1-23-12(17(20,21)22)7-13(25)24(16(23)26)14-11(19)6-10(18)9-5-8(3-4-27-2)28-15(9)14/h3-7H,1-2H3. The molecule has 0 saturated carbocycles.